The lowest BCUT2D eigenvalue weighted by Crippen LogP contribution is -2.08. The molecule has 24 heavy (non-hydrogen) atoms. The first kappa shape index (κ1) is 16.4. The van der Waals surface area contributed by atoms with Gasteiger partial charge in [0, 0.05) is 22.9 Å². The van der Waals surface area contributed by atoms with Crippen LogP contribution in [0.3, 0.4) is 0 Å². The molecule has 2 aromatic carbocycles. The number of nitrogens with two attached hydrogens (primary N) is 1. The summed E-state index contributed by atoms with van der Waals surface area (Å²) in [4.78, 5) is 16.9. The number of hydrogen-bond acceptors (Lipinski definition) is 3. The summed E-state index contributed by atoms with van der Waals surface area (Å²) in [5.74, 6) is -0.927. The van der Waals surface area contributed by atoms with E-state index in [0.29, 0.717) is 16.3 Å². The van der Waals surface area contributed by atoms with Gasteiger partial charge < -0.3 is 5.73 Å². The summed E-state index contributed by atoms with van der Waals surface area (Å²) in [6.07, 6.45) is 1.47. The Hall–Kier alpha value is -2.43. The van der Waals surface area contributed by atoms with Gasteiger partial charge in [-0.2, -0.15) is 0 Å². The molecule has 2 N–H and O–H groups in total. The number of halogens is 3. The Balaban J connectivity index is 2.12. The zero-order chi connectivity index (χ0) is 17.3. The van der Waals surface area contributed by atoms with Crippen LogP contribution in [0.25, 0.3) is 11.3 Å². The van der Waals surface area contributed by atoms with Crippen LogP contribution in [0.5, 0.6) is 0 Å². The van der Waals surface area contributed by atoms with E-state index in [1.807, 2.05) is 0 Å². The minimum absolute atomic E-state index is 0.0236. The van der Waals surface area contributed by atoms with E-state index >= 15 is 0 Å². The van der Waals surface area contributed by atoms with Gasteiger partial charge in [0.2, 0.25) is 0 Å². The van der Waals surface area contributed by atoms with E-state index in [1.54, 1.807) is 24.3 Å². The van der Waals surface area contributed by atoms with Crippen LogP contribution in [0.4, 0.5) is 10.1 Å². The second-order valence-electron chi connectivity index (χ2n) is 5.05. The molecule has 120 valence electrons. The van der Waals surface area contributed by atoms with E-state index in [2.05, 4.69) is 4.98 Å². The fourth-order valence-electron chi connectivity index (χ4n) is 2.36. The van der Waals surface area contributed by atoms with Crippen molar-refractivity contribution in [2.45, 2.75) is 0 Å². The molecule has 3 aromatic rings. The number of nitrogens with zero attached hydrogens (tertiary/aromatic N) is 1. The van der Waals surface area contributed by atoms with E-state index < -0.39 is 11.6 Å². The molecular weight excluding hydrogens is 350 g/mol. The van der Waals surface area contributed by atoms with E-state index in [0.717, 1.165) is 6.07 Å². The molecule has 0 aliphatic carbocycles. The van der Waals surface area contributed by atoms with Gasteiger partial charge >= 0.3 is 0 Å². The van der Waals surface area contributed by atoms with Crippen LogP contribution in [0.15, 0.2) is 54.7 Å². The highest BCUT2D eigenvalue weighted by molar-refractivity contribution is 6.35. The lowest BCUT2D eigenvalue weighted by Gasteiger charge is -2.11. The smallest absolute Gasteiger partial charge is 0.196 e. The molecule has 3 nitrogen and oxygen atoms in total. The fraction of sp³-hybridized carbons (Fsp3) is 0. The summed E-state index contributed by atoms with van der Waals surface area (Å²) >= 11 is 12.1. The molecule has 0 saturated heterocycles. The molecule has 0 aliphatic rings. The Labute approximate surface area is 147 Å². The maximum absolute atomic E-state index is 13.2. The van der Waals surface area contributed by atoms with Crippen LogP contribution in [0, 0.1) is 5.82 Å². The summed E-state index contributed by atoms with van der Waals surface area (Å²) < 4.78 is 13.2. The number of rotatable bonds is 3. The van der Waals surface area contributed by atoms with Crippen molar-refractivity contribution >= 4 is 34.7 Å². The molecule has 0 unspecified atom stereocenters. The van der Waals surface area contributed by atoms with E-state index in [9.17, 15) is 9.18 Å². The predicted molar refractivity (Wildman–Crippen MR) is 93.9 cm³/mol. The van der Waals surface area contributed by atoms with Crippen molar-refractivity contribution in [3.63, 3.8) is 0 Å². The van der Waals surface area contributed by atoms with Gasteiger partial charge in [-0.25, -0.2) is 4.39 Å². The Morgan fingerprint density at radius 1 is 1.00 bits per heavy atom. The quantitative estimate of drug-likeness (QED) is 0.668. The van der Waals surface area contributed by atoms with Crippen molar-refractivity contribution in [3.8, 4) is 11.3 Å². The molecular formula is C18H11Cl2FN2O. The van der Waals surface area contributed by atoms with Gasteiger partial charge in [0.15, 0.2) is 5.78 Å². The minimum Gasteiger partial charge on any atom is -0.396 e. The number of benzene rings is 2. The van der Waals surface area contributed by atoms with Gasteiger partial charge in [0.25, 0.3) is 0 Å². The number of carbonyl (C=O) groups is 1. The Kier molecular flexibility index (Phi) is 4.51. The first-order valence-electron chi connectivity index (χ1n) is 6.98. The van der Waals surface area contributed by atoms with Crippen LogP contribution in [-0.4, -0.2) is 10.8 Å². The van der Waals surface area contributed by atoms with Crippen LogP contribution >= 0.6 is 23.2 Å². The molecule has 0 saturated carbocycles. The maximum atomic E-state index is 13.2. The number of nitrogen functional groups attached to an aromatic ring is 1. The first-order valence-corrected chi connectivity index (χ1v) is 7.73. The molecule has 0 bridgehead atoms. The third-order valence-corrected chi connectivity index (χ3v) is 4.18. The number of pyridine rings is 1. The van der Waals surface area contributed by atoms with Crippen LogP contribution < -0.4 is 5.73 Å². The van der Waals surface area contributed by atoms with E-state index in [4.69, 9.17) is 28.9 Å². The molecule has 1 aromatic heterocycles. The summed E-state index contributed by atoms with van der Waals surface area (Å²) in [5, 5.41) is 0.497. The zero-order valence-corrected chi connectivity index (χ0v) is 13.8. The van der Waals surface area contributed by atoms with Crippen molar-refractivity contribution in [1.82, 2.24) is 4.98 Å². The Bertz CT molecular complexity index is 944. The van der Waals surface area contributed by atoms with Crippen LogP contribution in [0.2, 0.25) is 10.0 Å². The summed E-state index contributed by atoms with van der Waals surface area (Å²) in [6, 6.07) is 12.1. The maximum Gasteiger partial charge on any atom is 0.196 e. The summed E-state index contributed by atoms with van der Waals surface area (Å²) in [6.45, 7) is 0. The number of anilines is 1. The number of hydrogen-bond donors (Lipinski definition) is 1. The van der Waals surface area contributed by atoms with Crippen LogP contribution in [0.1, 0.15) is 15.9 Å². The standard InChI is InChI=1S/C18H11Cl2FN2O/c19-14-4-2-1-3-11(14)17-16(22)13(7-8-23-17)18(24)12-6-5-10(21)9-15(12)20/h1-9H,22H2. The molecule has 0 fully saturated rings. The zero-order valence-electron chi connectivity index (χ0n) is 12.3. The normalized spacial score (nSPS) is 10.6. The SMILES string of the molecule is Nc1c(C(=O)c2ccc(F)cc2Cl)ccnc1-c1ccccc1Cl. The number of ketones is 1. The topological polar surface area (TPSA) is 56.0 Å². The Morgan fingerprint density at radius 3 is 2.46 bits per heavy atom. The Morgan fingerprint density at radius 2 is 1.75 bits per heavy atom. The minimum atomic E-state index is -0.518. The lowest BCUT2D eigenvalue weighted by molar-refractivity contribution is 0.103. The van der Waals surface area contributed by atoms with Crippen molar-refractivity contribution in [1.29, 1.82) is 0 Å². The second kappa shape index (κ2) is 6.59. The van der Waals surface area contributed by atoms with Crippen molar-refractivity contribution in [2.75, 3.05) is 5.73 Å². The lowest BCUT2D eigenvalue weighted by atomic mass is 9.99. The summed E-state index contributed by atoms with van der Waals surface area (Å²) in [7, 11) is 0. The molecule has 0 radical (unpaired) electrons. The van der Waals surface area contributed by atoms with Crippen molar-refractivity contribution in [3.05, 3.63) is 81.7 Å². The van der Waals surface area contributed by atoms with Crippen molar-refractivity contribution in [2.24, 2.45) is 0 Å². The molecule has 0 spiro atoms. The van der Waals surface area contributed by atoms with Crippen LogP contribution in [-0.2, 0) is 0 Å². The highest BCUT2D eigenvalue weighted by Gasteiger charge is 2.19. The average molecular weight is 361 g/mol. The first-order chi connectivity index (χ1) is 11.5. The van der Waals surface area contributed by atoms with Gasteiger partial charge in [-0.3, -0.25) is 9.78 Å². The van der Waals surface area contributed by atoms with E-state index in [-0.39, 0.29) is 21.8 Å². The van der Waals surface area contributed by atoms with Gasteiger partial charge in [0.1, 0.15) is 5.82 Å². The monoisotopic (exact) mass is 360 g/mol. The summed E-state index contributed by atoms with van der Waals surface area (Å²) in [5.41, 5.74) is 7.76. The third kappa shape index (κ3) is 2.98. The molecule has 0 atom stereocenters. The predicted octanol–water partition coefficient (Wildman–Crippen LogP) is 5.01. The van der Waals surface area contributed by atoms with E-state index in [1.165, 1.54) is 24.4 Å². The molecule has 3 rings (SSSR count). The van der Waals surface area contributed by atoms with Gasteiger partial charge in [-0.15, -0.1) is 0 Å². The highest BCUT2D eigenvalue weighted by atomic mass is 35.5. The molecule has 0 amide bonds. The number of aromatic nitrogens is 1. The fourth-order valence-corrected chi connectivity index (χ4v) is 2.84. The largest absolute Gasteiger partial charge is 0.396 e. The third-order valence-electron chi connectivity index (χ3n) is 3.54. The van der Waals surface area contributed by atoms with Crippen molar-refractivity contribution < 1.29 is 9.18 Å². The van der Waals surface area contributed by atoms with Gasteiger partial charge in [-0.1, -0.05) is 41.4 Å². The molecule has 0 aliphatic heterocycles. The highest BCUT2D eigenvalue weighted by Crippen LogP contribution is 2.33. The molecule has 1 heterocycles. The molecule has 6 heteroatoms. The number of carbonyl (C=O) groups excluding carboxylic acids is 1. The van der Waals surface area contributed by atoms with Gasteiger partial charge in [0.05, 0.1) is 21.4 Å². The second-order valence-corrected chi connectivity index (χ2v) is 5.87. The average Bonchev–Trinajstić information content (AvgIpc) is 2.55. The van der Waals surface area contributed by atoms with Gasteiger partial charge in [-0.05, 0) is 30.3 Å².